The van der Waals surface area contributed by atoms with Crippen molar-refractivity contribution in [2.24, 2.45) is 0 Å². The van der Waals surface area contributed by atoms with Crippen molar-refractivity contribution in [1.82, 2.24) is 4.90 Å². The van der Waals surface area contributed by atoms with Crippen molar-refractivity contribution >= 4 is 29.0 Å². The predicted molar refractivity (Wildman–Crippen MR) is 95.7 cm³/mol. The second-order valence-corrected chi connectivity index (χ2v) is 6.50. The highest BCUT2D eigenvalue weighted by molar-refractivity contribution is 6.30. The third-order valence-corrected chi connectivity index (χ3v) is 4.52. The molecule has 0 unspecified atom stereocenters. The molecule has 0 aromatic heterocycles. The van der Waals surface area contributed by atoms with Gasteiger partial charge in [-0.15, -0.1) is 0 Å². The number of rotatable bonds is 2. The molecule has 0 saturated carbocycles. The third-order valence-electron chi connectivity index (χ3n) is 4.29. The summed E-state index contributed by atoms with van der Waals surface area (Å²) in [7, 11) is 0. The number of urea groups is 1. The summed E-state index contributed by atoms with van der Waals surface area (Å²) in [5, 5.41) is 2.25. The molecule has 9 heteroatoms. The molecule has 0 bridgehead atoms. The van der Waals surface area contributed by atoms with Crippen LogP contribution in [0.15, 0.2) is 42.5 Å². The first-order valence-electron chi connectivity index (χ1n) is 8.17. The van der Waals surface area contributed by atoms with E-state index in [1.807, 2.05) is 4.90 Å². The largest absolute Gasteiger partial charge is 0.418 e. The maximum absolute atomic E-state index is 13.1. The molecule has 1 aliphatic heterocycles. The first-order valence-corrected chi connectivity index (χ1v) is 8.55. The summed E-state index contributed by atoms with van der Waals surface area (Å²) in [6.45, 7) is 1.65. The van der Waals surface area contributed by atoms with E-state index in [0.29, 0.717) is 26.2 Å². The molecule has 0 aliphatic carbocycles. The van der Waals surface area contributed by atoms with Gasteiger partial charge in [0.25, 0.3) is 0 Å². The maximum Gasteiger partial charge on any atom is 0.418 e. The molecule has 27 heavy (non-hydrogen) atoms. The van der Waals surface area contributed by atoms with Gasteiger partial charge in [0, 0.05) is 36.9 Å². The van der Waals surface area contributed by atoms with Crippen LogP contribution in [0, 0.1) is 5.82 Å². The molecule has 2 aromatic carbocycles. The summed E-state index contributed by atoms with van der Waals surface area (Å²) >= 11 is 5.64. The lowest BCUT2D eigenvalue weighted by Gasteiger charge is -2.36. The van der Waals surface area contributed by atoms with Crippen LogP contribution in [0.5, 0.6) is 0 Å². The summed E-state index contributed by atoms with van der Waals surface area (Å²) < 4.78 is 52.4. The van der Waals surface area contributed by atoms with Gasteiger partial charge in [0.15, 0.2) is 0 Å². The minimum atomic E-state index is -4.63. The van der Waals surface area contributed by atoms with E-state index in [4.69, 9.17) is 11.6 Å². The Morgan fingerprint density at radius 1 is 1.00 bits per heavy atom. The van der Waals surface area contributed by atoms with E-state index in [9.17, 15) is 22.4 Å². The highest BCUT2D eigenvalue weighted by Gasteiger charge is 2.34. The zero-order valence-corrected chi connectivity index (χ0v) is 14.8. The normalized spacial score (nSPS) is 15.0. The topological polar surface area (TPSA) is 35.6 Å². The summed E-state index contributed by atoms with van der Waals surface area (Å²) in [5.41, 5.74) is -0.500. The Labute approximate surface area is 158 Å². The van der Waals surface area contributed by atoms with Crippen molar-refractivity contribution in [1.29, 1.82) is 0 Å². The Kier molecular flexibility index (Phi) is 5.46. The van der Waals surface area contributed by atoms with Gasteiger partial charge < -0.3 is 15.1 Å². The fraction of sp³-hybridized carbons (Fsp3) is 0.278. The molecular formula is C18H16ClF4N3O. The SMILES string of the molecule is O=C(Nc1ccc(Cl)cc1C(F)(F)F)N1CCN(c2ccc(F)cc2)CC1. The first kappa shape index (κ1) is 19.3. The maximum atomic E-state index is 13.1. The number of alkyl halides is 3. The molecule has 3 rings (SSSR count). The number of nitrogens with one attached hydrogen (secondary N) is 1. The van der Waals surface area contributed by atoms with E-state index < -0.39 is 17.8 Å². The highest BCUT2D eigenvalue weighted by Crippen LogP contribution is 2.36. The average Bonchev–Trinajstić information content (AvgIpc) is 2.63. The Morgan fingerprint density at radius 2 is 1.63 bits per heavy atom. The molecular weight excluding hydrogens is 386 g/mol. The molecule has 2 aromatic rings. The first-order chi connectivity index (χ1) is 12.7. The van der Waals surface area contributed by atoms with Crippen LogP contribution in [-0.2, 0) is 6.18 Å². The van der Waals surface area contributed by atoms with E-state index >= 15 is 0 Å². The summed E-state index contributed by atoms with van der Waals surface area (Å²) in [5.74, 6) is -0.333. The number of benzene rings is 2. The zero-order valence-electron chi connectivity index (χ0n) is 14.1. The van der Waals surface area contributed by atoms with Crippen molar-refractivity contribution in [3.8, 4) is 0 Å². The van der Waals surface area contributed by atoms with E-state index in [1.54, 1.807) is 12.1 Å². The standard InChI is InChI=1S/C18H16ClF4N3O/c19-12-1-6-16(15(11-12)18(21,22)23)24-17(27)26-9-7-25(8-10-26)14-4-2-13(20)3-5-14/h1-6,11H,7-10H2,(H,24,27). The number of carbonyl (C=O) groups is 1. The predicted octanol–water partition coefficient (Wildman–Crippen LogP) is 4.85. The van der Waals surface area contributed by atoms with Crippen LogP contribution in [0.4, 0.5) is 33.7 Å². The molecule has 4 nitrogen and oxygen atoms in total. The van der Waals surface area contributed by atoms with Gasteiger partial charge in [-0.2, -0.15) is 13.2 Å². The molecule has 1 saturated heterocycles. The molecule has 1 N–H and O–H groups in total. The van der Waals surface area contributed by atoms with Gasteiger partial charge in [0.2, 0.25) is 0 Å². The number of anilines is 2. The van der Waals surface area contributed by atoms with Crippen LogP contribution >= 0.6 is 11.6 Å². The smallest absolute Gasteiger partial charge is 0.368 e. The summed E-state index contributed by atoms with van der Waals surface area (Å²) in [4.78, 5) is 15.8. The zero-order chi connectivity index (χ0) is 19.6. The van der Waals surface area contributed by atoms with Crippen molar-refractivity contribution in [3.05, 3.63) is 58.9 Å². The number of amides is 2. The van der Waals surface area contributed by atoms with Crippen LogP contribution < -0.4 is 10.2 Å². The van der Waals surface area contributed by atoms with Crippen LogP contribution in [0.1, 0.15) is 5.56 Å². The van der Waals surface area contributed by atoms with Crippen LogP contribution in [-0.4, -0.2) is 37.1 Å². The number of halogens is 5. The van der Waals surface area contributed by atoms with Gasteiger partial charge in [-0.3, -0.25) is 0 Å². The molecule has 1 fully saturated rings. The molecule has 1 aliphatic rings. The number of nitrogens with zero attached hydrogens (tertiary/aromatic N) is 2. The summed E-state index contributed by atoms with van der Waals surface area (Å²) in [6.07, 6.45) is -4.63. The van der Waals surface area contributed by atoms with Crippen molar-refractivity contribution in [2.45, 2.75) is 6.18 Å². The number of piperazine rings is 1. The second-order valence-electron chi connectivity index (χ2n) is 6.07. The van der Waals surface area contributed by atoms with Crippen molar-refractivity contribution in [2.75, 3.05) is 36.4 Å². The Balaban J connectivity index is 1.64. The molecule has 0 radical (unpaired) electrons. The molecule has 0 spiro atoms. The third kappa shape index (κ3) is 4.63. The molecule has 0 atom stereocenters. The fourth-order valence-corrected chi connectivity index (χ4v) is 3.05. The van der Waals surface area contributed by atoms with E-state index in [0.717, 1.165) is 17.8 Å². The van der Waals surface area contributed by atoms with Crippen molar-refractivity contribution < 1.29 is 22.4 Å². The van der Waals surface area contributed by atoms with Crippen LogP contribution in [0.2, 0.25) is 5.02 Å². The van der Waals surface area contributed by atoms with Gasteiger partial charge in [-0.25, -0.2) is 9.18 Å². The molecule has 144 valence electrons. The van der Waals surface area contributed by atoms with E-state index in [2.05, 4.69) is 5.32 Å². The lowest BCUT2D eigenvalue weighted by molar-refractivity contribution is -0.136. The van der Waals surface area contributed by atoms with Gasteiger partial charge in [0.05, 0.1) is 11.3 Å². The summed E-state index contributed by atoms with van der Waals surface area (Å²) in [6, 6.07) is 8.60. The van der Waals surface area contributed by atoms with Gasteiger partial charge >= 0.3 is 12.2 Å². The number of hydrogen-bond acceptors (Lipinski definition) is 2. The Morgan fingerprint density at radius 3 is 2.22 bits per heavy atom. The van der Waals surface area contributed by atoms with Crippen LogP contribution in [0.25, 0.3) is 0 Å². The molecule has 1 heterocycles. The highest BCUT2D eigenvalue weighted by atomic mass is 35.5. The number of carbonyl (C=O) groups excluding carboxylic acids is 1. The second kappa shape index (κ2) is 7.64. The van der Waals surface area contributed by atoms with Gasteiger partial charge in [-0.05, 0) is 42.5 Å². The quantitative estimate of drug-likeness (QED) is 0.730. The van der Waals surface area contributed by atoms with Crippen LogP contribution in [0.3, 0.4) is 0 Å². The monoisotopic (exact) mass is 401 g/mol. The van der Waals surface area contributed by atoms with Gasteiger partial charge in [0.1, 0.15) is 5.82 Å². The lowest BCUT2D eigenvalue weighted by atomic mass is 10.1. The Bertz CT molecular complexity index is 818. The number of hydrogen-bond donors (Lipinski definition) is 1. The fourth-order valence-electron chi connectivity index (χ4n) is 2.87. The molecule has 2 amide bonds. The van der Waals surface area contributed by atoms with Crippen molar-refractivity contribution in [3.63, 3.8) is 0 Å². The van der Waals surface area contributed by atoms with E-state index in [-0.39, 0.29) is 16.5 Å². The minimum absolute atomic E-state index is 0.0618. The minimum Gasteiger partial charge on any atom is -0.368 e. The van der Waals surface area contributed by atoms with E-state index in [1.165, 1.54) is 23.1 Å². The lowest BCUT2D eigenvalue weighted by Crippen LogP contribution is -2.50. The average molecular weight is 402 g/mol. The Hall–Kier alpha value is -2.48. The van der Waals surface area contributed by atoms with Gasteiger partial charge in [-0.1, -0.05) is 11.6 Å².